The minimum atomic E-state index is -4.29. The van der Waals surface area contributed by atoms with Gasteiger partial charge in [0.1, 0.15) is 0 Å². The van der Waals surface area contributed by atoms with Crippen molar-refractivity contribution in [2.75, 3.05) is 7.11 Å². The van der Waals surface area contributed by atoms with Gasteiger partial charge in [-0.2, -0.15) is 13.2 Å². The van der Waals surface area contributed by atoms with E-state index in [4.69, 9.17) is 4.74 Å². The molecule has 2 unspecified atom stereocenters. The molecule has 1 aliphatic rings. The van der Waals surface area contributed by atoms with Crippen LogP contribution >= 0.6 is 0 Å². The van der Waals surface area contributed by atoms with Gasteiger partial charge in [0.25, 0.3) is 0 Å². The number of benzene rings is 1. The lowest BCUT2D eigenvalue weighted by atomic mass is 10.1. The lowest BCUT2D eigenvalue weighted by molar-refractivity contribution is -0.138. The summed E-state index contributed by atoms with van der Waals surface area (Å²) in [6, 6.07) is 5.95. The number of hydrogen-bond donors (Lipinski definition) is 1. The van der Waals surface area contributed by atoms with Crippen LogP contribution in [0.15, 0.2) is 24.3 Å². The molecule has 0 aliphatic heterocycles. The summed E-state index contributed by atoms with van der Waals surface area (Å²) in [5.41, 5.74) is -0.250. The zero-order chi connectivity index (χ0) is 13.9. The maximum atomic E-state index is 12.8. The molecule has 0 aromatic heterocycles. The van der Waals surface area contributed by atoms with Gasteiger partial charge in [-0.3, -0.25) is 0 Å². The Hall–Kier alpha value is -1.07. The van der Waals surface area contributed by atoms with Crippen LogP contribution in [0.5, 0.6) is 0 Å². The van der Waals surface area contributed by atoms with Crippen molar-refractivity contribution >= 4 is 0 Å². The van der Waals surface area contributed by atoms with Gasteiger partial charge in [0.2, 0.25) is 0 Å². The summed E-state index contributed by atoms with van der Waals surface area (Å²) >= 11 is 0. The SMILES string of the molecule is COC1CCC(NCc2ccccc2C(F)(F)F)C1. The molecule has 0 amide bonds. The van der Waals surface area contributed by atoms with Crippen molar-refractivity contribution in [2.24, 2.45) is 0 Å². The predicted molar refractivity (Wildman–Crippen MR) is 66.7 cm³/mol. The molecule has 2 nitrogen and oxygen atoms in total. The van der Waals surface area contributed by atoms with E-state index < -0.39 is 11.7 Å². The second-order valence-electron chi connectivity index (χ2n) is 4.90. The highest BCUT2D eigenvalue weighted by Gasteiger charge is 2.33. The molecule has 19 heavy (non-hydrogen) atoms. The van der Waals surface area contributed by atoms with Gasteiger partial charge in [0.15, 0.2) is 0 Å². The molecule has 0 radical (unpaired) electrons. The first-order valence-corrected chi connectivity index (χ1v) is 6.42. The molecule has 0 saturated heterocycles. The smallest absolute Gasteiger partial charge is 0.381 e. The lowest BCUT2D eigenvalue weighted by Crippen LogP contribution is -2.27. The summed E-state index contributed by atoms with van der Waals surface area (Å²) in [6.45, 7) is 0.247. The van der Waals surface area contributed by atoms with E-state index in [1.165, 1.54) is 12.1 Å². The van der Waals surface area contributed by atoms with Gasteiger partial charge in [-0.25, -0.2) is 0 Å². The molecule has 1 saturated carbocycles. The van der Waals surface area contributed by atoms with E-state index in [0.29, 0.717) is 5.56 Å². The second-order valence-corrected chi connectivity index (χ2v) is 4.90. The summed E-state index contributed by atoms with van der Waals surface area (Å²) < 4.78 is 43.7. The van der Waals surface area contributed by atoms with Crippen molar-refractivity contribution in [1.82, 2.24) is 5.32 Å². The van der Waals surface area contributed by atoms with Crippen molar-refractivity contribution in [3.8, 4) is 0 Å². The topological polar surface area (TPSA) is 21.3 Å². The molecule has 0 spiro atoms. The van der Waals surface area contributed by atoms with Gasteiger partial charge in [-0.1, -0.05) is 18.2 Å². The first-order chi connectivity index (χ1) is 9.00. The predicted octanol–water partition coefficient (Wildman–Crippen LogP) is 3.36. The molecule has 0 heterocycles. The molecular formula is C14H18F3NO. The van der Waals surface area contributed by atoms with E-state index in [1.807, 2.05) is 0 Å². The Labute approximate surface area is 111 Å². The largest absolute Gasteiger partial charge is 0.416 e. The molecule has 1 fully saturated rings. The summed E-state index contributed by atoms with van der Waals surface area (Å²) in [5.74, 6) is 0. The first kappa shape index (κ1) is 14.3. The van der Waals surface area contributed by atoms with Crippen LogP contribution in [0.3, 0.4) is 0 Å². The zero-order valence-electron chi connectivity index (χ0n) is 10.8. The van der Waals surface area contributed by atoms with Crippen molar-refractivity contribution in [3.63, 3.8) is 0 Å². The minimum Gasteiger partial charge on any atom is -0.381 e. The van der Waals surface area contributed by atoms with Crippen LogP contribution in [0.4, 0.5) is 13.2 Å². The molecule has 1 aromatic carbocycles. The fourth-order valence-corrected chi connectivity index (χ4v) is 2.54. The van der Waals surface area contributed by atoms with Crippen molar-refractivity contribution < 1.29 is 17.9 Å². The quantitative estimate of drug-likeness (QED) is 0.908. The van der Waals surface area contributed by atoms with Gasteiger partial charge in [0.05, 0.1) is 11.7 Å². The maximum absolute atomic E-state index is 12.8. The van der Waals surface area contributed by atoms with Crippen LogP contribution in [-0.4, -0.2) is 19.3 Å². The number of ether oxygens (including phenoxy) is 1. The normalized spacial score (nSPS) is 23.8. The standard InChI is InChI=1S/C14H18F3NO/c1-19-12-7-6-11(8-12)18-9-10-4-2-3-5-13(10)14(15,16)17/h2-5,11-12,18H,6-9H2,1H3. The number of rotatable bonds is 4. The van der Waals surface area contributed by atoms with Crippen LogP contribution in [0.1, 0.15) is 30.4 Å². The summed E-state index contributed by atoms with van der Waals surface area (Å²) in [7, 11) is 1.67. The van der Waals surface area contributed by atoms with E-state index in [-0.39, 0.29) is 18.7 Å². The van der Waals surface area contributed by atoms with Gasteiger partial charge >= 0.3 is 6.18 Å². The molecule has 106 valence electrons. The molecule has 2 atom stereocenters. The van der Waals surface area contributed by atoms with Crippen molar-refractivity contribution in [3.05, 3.63) is 35.4 Å². The maximum Gasteiger partial charge on any atom is 0.416 e. The highest BCUT2D eigenvalue weighted by Crippen LogP contribution is 2.32. The average Bonchev–Trinajstić information content (AvgIpc) is 2.83. The number of methoxy groups -OCH3 is 1. The molecule has 0 bridgehead atoms. The van der Waals surface area contributed by atoms with Gasteiger partial charge in [-0.15, -0.1) is 0 Å². The Kier molecular flexibility index (Phi) is 4.47. The third kappa shape index (κ3) is 3.70. The van der Waals surface area contributed by atoms with E-state index in [0.717, 1.165) is 25.3 Å². The summed E-state index contributed by atoms with van der Waals surface area (Å²) in [5, 5.41) is 3.19. The molecular weight excluding hydrogens is 255 g/mol. The minimum absolute atomic E-state index is 0.232. The fraction of sp³-hybridized carbons (Fsp3) is 0.571. The van der Waals surface area contributed by atoms with Gasteiger partial charge in [-0.05, 0) is 30.9 Å². The molecule has 2 rings (SSSR count). The highest BCUT2D eigenvalue weighted by atomic mass is 19.4. The fourth-order valence-electron chi connectivity index (χ4n) is 2.54. The van der Waals surface area contributed by atoms with Crippen molar-refractivity contribution in [1.29, 1.82) is 0 Å². The molecule has 1 aliphatic carbocycles. The van der Waals surface area contributed by atoms with Gasteiger partial charge < -0.3 is 10.1 Å². The zero-order valence-corrected chi connectivity index (χ0v) is 10.8. The third-order valence-electron chi connectivity index (χ3n) is 3.62. The Balaban J connectivity index is 1.97. The highest BCUT2D eigenvalue weighted by molar-refractivity contribution is 5.29. The van der Waals surface area contributed by atoms with E-state index >= 15 is 0 Å². The van der Waals surface area contributed by atoms with Gasteiger partial charge in [0, 0.05) is 19.7 Å². The Bertz CT molecular complexity index is 419. The van der Waals surface area contributed by atoms with Crippen LogP contribution in [0.25, 0.3) is 0 Å². The molecule has 5 heteroatoms. The molecule has 1 N–H and O–H groups in total. The van der Waals surface area contributed by atoms with Crippen LogP contribution < -0.4 is 5.32 Å². The Morgan fingerprint density at radius 1 is 1.26 bits per heavy atom. The van der Waals surface area contributed by atoms with Crippen molar-refractivity contribution in [2.45, 2.75) is 44.1 Å². The second kappa shape index (κ2) is 5.92. The summed E-state index contributed by atoms with van der Waals surface area (Å²) in [4.78, 5) is 0. The Morgan fingerprint density at radius 2 is 2.00 bits per heavy atom. The van der Waals surface area contributed by atoms with E-state index in [9.17, 15) is 13.2 Å². The van der Waals surface area contributed by atoms with E-state index in [1.54, 1.807) is 13.2 Å². The Morgan fingerprint density at radius 3 is 2.63 bits per heavy atom. The van der Waals surface area contributed by atoms with E-state index in [2.05, 4.69) is 5.32 Å². The number of nitrogens with one attached hydrogen (secondary N) is 1. The summed E-state index contributed by atoms with van der Waals surface area (Å²) in [6.07, 6.45) is -1.27. The number of hydrogen-bond acceptors (Lipinski definition) is 2. The van der Waals surface area contributed by atoms with Crippen LogP contribution in [0, 0.1) is 0 Å². The lowest BCUT2D eigenvalue weighted by Gasteiger charge is -2.16. The number of alkyl halides is 3. The molecule has 1 aromatic rings. The average molecular weight is 273 g/mol. The number of halogens is 3. The van der Waals surface area contributed by atoms with Crippen LogP contribution in [0.2, 0.25) is 0 Å². The monoisotopic (exact) mass is 273 g/mol. The first-order valence-electron chi connectivity index (χ1n) is 6.42. The van der Waals surface area contributed by atoms with Crippen LogP contribution in [-0.2, 0) is 17.5 Å². The third-order valence-corrected chi connectivity index (χ3v) is 3.62.